The molecule has 11 nitrogen and oxygen atoms in total. The molecule has 0 spiro atoms. The molecule has 3 aromatic carbocycles. The molecule has 1 aliphatic rings. The molecule has 1 aliphatic heterocycles. The van der Waals surface area contributed by atoms with Crippen LogP contribution in [0.25, 0.3) is 0 Å². The van der Waals surface area contributed by atoms with Crippen LogP contribution in [-0.4, -0.2) is 58.1 Å². The smallest absolute Gasteiger partial charge is 0.407 e. The molecule has 206 valence electrons. The highest BCUT2D eigenvalue weighted by Crippen LogP contribution is 2.37. The van der Waals surface area contributed by atoms with Crippen LogP contribution in [0, 0.1) is 0 Å². The highest BCUT2D eigenvalue weighted by Gasteiger charge is 2.36. The second-order valence-corrected chi connectivity index (χ2v) is 9.30. The number of rotatable bonds is 11. The van der Waals surface area contributed by atoms with Crippen LogP contribution in [0.15, 0.2) is 97.2 Å². The Morgan fingerprint density at radius 2 is 1.38 bits per heavy atom. The number of benzene rings is 3. The van der Waals surface area contributed by atoms with E-state index in [0.29, 0.717) is 31.1 Å². The molecule has 0 fully saturated rings. The number of carbonyl (C=O) groups is 2. The van der Waals surface area contributed by atoms with Gasteiger partial charge in [0.2, 0.25) is 0 Å². The third-order valence-electron chi connectivity index (χ3n) is 6.94. The van der Waals surface area contributed by atoms with Gasteiger partial charge >= 0.3 is 12.2 Å². The second kappa shape index (κ2) is 11.8. The minimum absolute atomic E-state index is 0.236. The van der Waals surface area contributed by atoms with Gasteiger partial charge in [-0.25, -0.2) is 14.3 Å². The number of carboxylic acid groups (broad SMARTS) is 2. The molecule has 0 radical (unpaired) electrons. The largest absolute Gasteiger partial charge is 0.465 e. The maximum Gasteiger partial charge on any atom is 0.407 e. The van der Waals surface area contributed by atoms with Crippen molar-refractivity contribution in [2.75, 3.05) is 29.9 Å². The van der Waals surface area contributed by atoms with Crippen LogP contribution in [0.2, 0.25) is 0 Å². The van der Waals surface area contributed by atoms with Gasteiger partial charge in [0.05, 0.1) is 18.3 Å². The number of amides is 2. The second-order valence-electron chi connectivity index (χ2n) is 9.30. The molecule has 0 saturated heterocycles. The van der Waals surface area contributed by atoms with Gasteiger partial charge in [0.1, 0.15) is 11.5 Å². The lowest BCUT2D eigenvalue weighted by Gasteiger charge is -2.39. The number of nitrogens with one attached hydrogen (secondary N) is 4. The molecule has 2 heterocycles. The molecular formula is C29H31N7O4. The predicted molar refractivity (Wildman–Crippen MR) is 151 cm³/mol. The Labute approximate surface area is 231 Å². The summed E-state index contributed by atoms with van der Waals surface area (Å²) >= 11 is 0. The summed E-state index contributed by atoms with van der Waals surface area (Å²) in [6, 6.07) is 30.3. The molecule has 0 atom stereocenters. The van der Waals surface area contributed by atoms with Crippen LogP contribution in [0.1, 0.15) is 16.7 Å². The molecule has 0 saturated carbocycles. The molecule has 5 rings (SSSR count). The van der Waals surface area contributed by atoms with Gasteiger partial charge in [-0.05, 0) is 16.7 Å². The summed E-state index contributed by atoms with van der Waals surface area (Å²) in [6.45, 7) is 1.91. The van der Waals surface area contributed by atoms with Crippen molar-refractivity contribution in [3.8, 4) is 0 Å². The molecule has 4 aromatic rings. The van der Waals surface area contributed by atoms with Crippen LogP contribution < -0.4 is 26.2 Å². The van der Waals surface area contributed by atoms with Gasteiger partial charge in [-0.3, -0.25) is 16.0 Å². The molecule has 2 amide bonds. The van der Waals surface area contributed by atoms with Crippen LogP contribution in [0.3, 0.4) is 0 Å². The quantitative estimate of drug-likeness (QED) is 0.125. The number of anilines is 2. The fourth-order valence-electron chi connectivity index (χ4n) is 5.27. The highest BCUT2D eigenvalue weighted by atomic mass is 16.4. The lowest BCUT2D eigenvalue weighted by molar-refractivity contribution is 0.175. The summed E-state index contributed by atoms with van der Waals surface area (Å²) in [5, 5.41) is 35.0. The summed E-state index contributed by atoms with van der Waals surface area (Å²) in [4.78, 5) is 25.0. The van der Waals surface area contributed by atoms with Gasteiger partial charge in [-0.1, -0.05) is 91.0 Å². The van der Waals surface area contributed by atoms with Crippen molar-refractivity contribution in [1.82, 2.24) is 25.7 Å². The Morgan fingerprint density at radius 1 is 0.875 bits per heavy atom. The highest BCUT2D eigenvalue weighted by molar-refractivity contribution is 5.73. The van der Waals surface area contributed by atoms with Crippen molar-refractivity contribution >= 4 is 23.7 Å². The van der Waals surface area contributed by atoms with Crippen LogP contribution >= 0.6 is 0 Å². The minimum atomic E-state index is -1.36. The molecular weight excluding hydrogens is 510 g/mol. The van der Waals surface area contributed by atoms with Crippen molar-refractivity contribution in [3.05, 3.63) is 114 Å². The first-order valence-electron chi connectivity index (χ1n) is 13.0. The number of hydrogen-bond donors (Lipinski definition) is 6. The molecule has 11 heteroatoms. The topological polar surface area (TPSA) is 144 Å². The van der Waals surface area contributed by atoms with Crippen molar-refractivity contribution in [2.45, 2.75) is 18.4 Å². The first-order chi connectivity index (χ1) is 19.5. The summed E-state index contributed by atoms with van der Waals surface area (Å²) in [6.07, 6.45) is -2.37. The van der Waals surface area contributed by atoms with Gasteiger partial charge in [-0.2, -0.15) is 5.10 Å². The van der Waals surface area contributed by atoms with E-state index in [2.05, 4.69) is 62.8 Å². The van der Waals surface area contributed by atoms with Gasteiger partial charge in [-0.15, -0.1) is 0 Å². The monoisotopic (exact) mass is 541 g/mol. The van der Waals surface area contributed by atoms with Crippen molar-refractivity contribution < 1.29 is 19.8 Å². The number of nitrogens with zero attached hydrogens (tertiary/aromatic N) is 3. The maximum absolute atomic E-state index is 11.7. The lowest BCUT2D eigenvalue weighted by atomic mass is 9.77. The Balaban J connectivity index is 1.54. The zero-order valence-electron chi connectivity index (χ0n) is 21.7. The Morgan fingerprint density at radius 3 is 1.85 bits per heavy atom. The van der Waals surface area contributed by atoms with Crippen molar-refractivity contribution in [2.24, 2.45) is 0 Å². The van der Waals surface area contributed by atoms with Crippen molar-refractivity contribution in [1.29, 1.82) is 0 Å². The zero-order chi connectivity index (χ0) is 28.0. The zero-order valence-corrected chi connectivity index (χ0v) is 21.7. The number of fused-ring (bicyclic) bond motifs is 1. The summed E-state index contributed by atoms with van der Waals surface area (Å²) in [5.41, 5.74) is 2.91. The van der Waals surface area contributed by atoms with Crippen LogP contribution in [0.5, 0.6) is 0 Å². The number of hydrogen-bond acceptors (Lipinski definition) is 6. The summed E-state index contributed by atoms with van der Waals surface area (Å²) in [5.74, 6) is 0.699. The van der Waals surface area contributed by atoms with E-state index in [1.54, 1.807) is 15.8 Å². The first-order valence-corrected chi connectivity index (χ1v) is 13.0. The van der Waals surface area contributed by atoms with E-state index in [1.807, 2.05) is 54.6 Å². The molecule has 6 N–H and O–H groups in total. The van der Waals surface area contributed by atoms with Crippen molar-refractivity contribution in [3.63, 3.8) is 0 Å². The van der Waals surface area contributed by atoms with Crippen LogP contribution in [0.4, 0.5) is 21.1 Å². The van der Waals surface area contributed by atoms with E-state index < -0.39 is 24.0 Å². The SMILES string of the molecule is O=C(O)NC(NC(=O)O)N(CCNC(c1ccccc1)(c1ccccc1)c1ccccc1)c1cnn2c1NCC2. The third kappa shape index (κ3) is 5.40. The molecule has 0 unspecified atom stereocenters. The summed E-state index contributed by atoms with van der Waals surface area (Å²) in [7, 11) is 0. The lowest BCUT2D eigenvalue weighted by Crippen LogP contribution is -2.60. The molecule has 1 aromatic heterocycles. The van der Waals surface area contributed by atoms with E-state index in [9.17, 15) is 19.8 Å². The van der Waals surface area contributed by atoms with E-state index in [4.69, 9.17) is 0 Å². The van der Waals surface area contributed by atoms with Gasteiger partial charge in [0.15, 0.2) is 6.29 Å². The number of aromatic nitrogens is 2. The van der Waals surface area contributed by atoms with Gasteiger partial charge < -0.3 is 20.4 Å². The normalized spacial score (nSPS) is 12.4. The van der Waals surface area contributed by atoms with E-state index >= 15 is 0 Å². The van der Waals surface area contributed by atoms with Crippen LogP contribution in [-0.2, 0) is 12.1 Å². The van der Waals surface area contributed by atoms with E-state index in [-0.39, 0.29) is 6.54 Å². The third-order valence-corrected chi connectivity index (χ3v) is 6.94. The predicted octanol–water partition coefficient (Wildman–Crippen LogP) is 3.52. The minimum Gasteiger partial charge on any atom is -0.465 e. The van der Waals surface area contributed by atoms with E-state index in [0.717, 1.165) is 16.7 Å². The Bertz CT molecular complexity index is 1320. The average molecular weight is 542 g/mol. The fraction of sp³-hybridized carbons (Fsp3) is 0.207. The Kier molecular flexibility index (Phi) is 7.83. The summed E-state index contributed by atoms with van der Waals surface area (Å²) < 4.78 is 1.77. The maximum atomic E-state index is 11.7. The molecule has 0 aliphatic carbocycles. The standard InChI is InChI=1S/C29H31N7O4/c37-27(38)33-26(34-28(39)40)35(24-20-32-36-19-16-30-25(24)36)18-17-31-29(21-10-4-1-5-11-21,22-12-6-2-7-13-22)23-14-8-3-9-15-23/h1-15,20,26,30-31,33-34H,16-19H2,(H,37,38)(H,39,40). The van der Waals surface area contributed by atoms with E-state index in [1.165, 1.54) is 0 Å². The Hall–Kier alpha value is -5.03. The van der Waals surface area contributed by atoms with Gasteiger partial charge in [0.25, 0.3) is 0 Å². The van der Waals surface area contributed by atoms with Gasteiger partial charge in [0, 0.05) is 19.6 Å². The fourth-order valence-corrected chi connectivity index (χ4v) is 5.27. The molecule has 0 bridgehead atoms. The first kappa shape index (κ1) is 26.6. The average Bonchev–Trinajstić information content (AvgIpc) is 3.59. The molecule has 40 heavy (non-hydrogen) atoms.